The minimum absolute atomic E-state index is 0. The minimum atomic E-state index is -3.63. The molecule has 0 saturated carbocycles. The summed E-state index contributed by atoms with van der Waals surface area (Å²) < 4.78 is 25.6. The van der Waals surface area contributed by atoms with Crippen LogP contribution < -0.4 is 28.8 Å². The Morgan fingerprint density at radius 2 is 0.600 bits per heavy atom. The van der Waals surface area contributed by atoms with Crippen LogP contribution in [0.5, 0.6) is 0 Å². The normalized spacial score (nSPS) is 4.80. The summed E-state index contributed by atoms with van der Waals surface area (Å²) in [5, 5.41) is 0. The van der Waals surface area contributed by atoms with Gasteiger partial charge in [-0.25, -0.2) is 0 Å². The maximum atomic E-state index is 8.52. The van der Waals surface area contributed by atoms with Gasteiger partial charge in [0.25, 0.3) is 0 Å². The molecule has 0 aliphatic heterocycles. The predicted molar refractivity (Wildman–Crippen MR) is 19.3 cm³/mol. The van der Waals surface area contributed by atoms with Crippen LogP contribution in [0.2, 0.25) is 0 Å². The number of hydrogen-bond acceptors (Lipinski definition) is 9. The zero-order valence-corrected chi connectivity index (χ0v) is 14.5. The third kappa shape index (κ3) is 10000. The molecule has 1 radical (unpaired) electrons. The Balaban J connectivity index is -0.0000000184. The van der Waals surface area contributed by atoms with Crippen molar-refractivity contribution < 1.29 is 94.9 Å². The van der Waals surface area contributed by atoms with Gasteiger partial charge in [-0.05, 0) is 0 Å². The van der Waals surface area contributed by atoms with Gasteiger partial charge >= 0.3 is 52.7 Å². The van der Waals surface area contributed by atoms with Crippen LogP contribution in [0.4, 0.5) is 0 Å². The van der Waals surface area contributed by atoms with Crippen LogP contribution in [0, 0.1) is 0 Å². The molecule has 0 aromatic rings. The van der Waals surface area contributed by atoms with Crippen LogP contribution >= 0.6 is 0 Å². The first-order valence-electron chi connectivity index (χ1n) is 1.84. The molecule has 0 heterocycles. The molecule has 0 amide bonds. The van der Waals surface area contributed by atoms with Crippen LogP contribution in [0.3, 0.4) is 0 Å². The van der Waals surface area contributed by atoms with Gasteiger partial charge in [0.2, 0.25) is 0 Å². The van der Waals surface area contributed by atoms with E-state index in [9.17, 15) is 0 Å². The SMILES string of the molecule is O=[Si]([O-])[O-].O=[Si]([O-])[O-].O=[Si]([O-])[O-].[Co+2].[Ni+2].[Zn+2]. The molecule has 15 heteroatoms. The van der Waals surface area contributed by atoms with E-state index in [4.69, 9.17) is 42.2 Å². The van der Waals surface area contributed by atoms with Gasteiger partial charge in [-0.1, -0.05) is 0 Å². The second-order valence-corrected chi connectivity index (χ2v) is 2.25. The van der Waals surface area contributed by atoms with Gasteiger partial charge in [-0.15, -0.1) is 0 Å². The second kappa shape index (κ2) is 29.3. The quantitative estimate of drug-likeness (QED) is 0.348. The van der Waals surface area contributed by atoms with Gasteiger partial charge < -0.3 is 42.2 Å². The van der Waals surface area contributed by atoms with Gasteiger partial charge in [0.05, 0.1) is 0 Å². The molecule has 0 atom stereocenters. The number of rotatable bonds is 0. The largest absolute Gasteiger partial charge is 2.00 e. The summed E-state index contributed by atoms with van der Waals surface area (Å²) in [4.78, 5) is 51.1. The molecule has 0 bridgehead atoms. The average molecular weight is 411 g/mol. The van der Waals surface area contributed by atoms with Crippen molar-refractivity contribution in [2.75, 3.05) is 0 Å². The topological polar surface area (TPSA) is 190 Å². The fraction of sp³-hybridized carbons (Fsp3) is 0. The van der Waals surface area contributed by atoms with Crippen LogP contribution in [0.15, 0.2) is 0 Å². The summed E-state index contributed by atoms with van der Waals surface area (Å²) in [7, 11) is -10.9. The smallest absolute Gasteiger partial charge is 0.672 e. The van der Waals surface area contributed by atoms with Gasteiger partial charge in [0.15, 0.2) is 0 Å². The molecular formula is CoNiO9Si3Zn. The van der Waals surface area contributed by atoms with Gasteiger partial charge in [0, 0.05) is 27.5 Å². The van der Waals surface area contributed by atoms with E-state index in [1.54, 1.807) is 0 Å². The summed E-state index contributed by atoms with van der Waals surface area (Å²) in [6, 6.07) is 0. The summed E-state index contributed by atoms with van der Waals surface area (Å²) in [6.07, 6.45) is 0. The Morgan fingerprint density at radius 3 is 0.600 bits per heavy atom. The molecule has 87 valence electrons. The van der Waals surface area contributed by atoms with Crippen LogP contribution in [-0.2, 0) is 66.1 Å². The van der Waals surface area contributed by atoms with E-state index in [1.807, 2.05) is 0 Å². The number of hydrogen-bond donors (Lipinski definition) is 0. The molecule has 0 N–H and O–H groups in total. The molecule has 0 aromatic carbocycles. The third-order valence-electron chi connectivity index (χ3n) is 0. The van der Waals surface area contributed by atoms with Crippen molar-refractivity contribution in [3.63, 3.8) is 0 Å². The Morgan fingerprint density at radius 1 is 0.600 bits per heavy atom. The molecule has 9 nitrogen and oxygen atoms in total. The molecule has 0 rings (SSSR count). The summed E-state index contributed by atoms with van der Waals surface area (Å²) >= 11 is 0. The maximum absolute atomic E-state index is 8.52. The first kappa shape index (κ1) is 36.1. The third-order valence-corrected chi connectivity index (χ3v) is 0. The van der Waals surface area contributed by atoms with Crippen LogP contribution in [0.1, 0.15) is 0 Å². The van der Waals surface area contributed by atoms with Gasteiger partial charge in [0.1, 0.15) is 0 Å². The Bertz CT molecular complexity index is 123. The van der Waals surface area contributed by atoms with Crippen molar-refractivity contribution in [3.8, 4) is 0 Å². The van der Waals surface area contributed by atoms with Crippen molar-refractivity contribution >= 4 is 27.5 Å². The van der Waals surface area contributed by atoms with E-state index < -0.39 is 27.5 Å². The fourth-order valence-electron chi connectivity index (χ4n) is 0. The Kier molecular flexibility index (Phi) is 70.5. The van der Waals surface area contributed by atoms with Gasteiger partial charge in [-0.2, -0.15) is 0 Å². The predicted octanol–water partition coefficient (Wildman–Crippen LogP) is -8.64. The minimum Gasteiger partial charge on any atom is -0.672 e. The van der Waals surface area contributed by atoms with E-state index in [0.717, 1.165) is 0 Å². The molecule has 15 heavy (non-hydrogen) atoms. The Hall–Kier alpha value is 0.474. The van der Waals surface area contributed by atoms with E-state index >= 15 is 0 Å². The molecular weight excluding hydrogens is 411 g/mol. The maximum Gasteiger partial charge on any atom is 2.00 e. The summed E-state index contributed by atoms with van der Waals surface area (Å²) in [6.45, 7) is 0. The zero-order chi connectivity index (χ0) is 10.7. The van der Waals surface area contributed by atoms with Crippen molar-refractivity contribution in [2.24, 2.45) is 0 Å². The van der Waals surface area contributed by atoms with E-state index in [2.05, 4.69) is 0 Å². The van der Waals surface area contributed by atoms with Crippen molar-refractivity contribution in [1.82, 2.24) is 0 Å². The molecule has 0 fully saturated rings. The fourth-order valence-corrected chi connectivity index (χ4v) is 0. The van der Waals surface area contributed by atoms with Crippen LogP contribution in [-0.4, -0.2) is 27.5 Å². The summed E-state index contributed by atoms with van der Waals surface area (Å²) in [5.41, 5.74) is 0. The van der Waals surface area contributed by atoms with E-state index in [-0.39, 0.29) is 52.7 Å². The molecule has 0 aliphatic carbocycles. The Labute approximate surface area is 122 Å². The molecule has 0 spiro atoms. The average Bonchev–Trinajstić information content (AvgIpc) is 1.54. The van der Waals surface area contributed by atoms with E-state index in [0.29, 0.717) is 0 Å². The van der Waals surface area contributed by atoms with Crippen LogP contribution in [0.25, 0.3) is 0 Å². The molecule has 0 saturated heterocycles. The second-order valence-electron chi connectivity index (χ2n) is 0.750. The molecule has 0 aliphatic rings. The van der Waals surface area contributed by atoms with E-state index in [1.165, 1.54) is 0 Å². The summed E-state index contributed by atoms with van der Waals surface area (Å²) in [5.74, 6) is 0. The van der Waals surface area contributed by atoms with Crippen molar-refractivity contribution in [1.29, 1.82) is 0 Å². The zero-order valence-electron chi connectivity index (χ0n) is 6.53. The van der Waals surface area contributed by atoms with Gasteiger partial charge in [-0.3, -0.25) is 0 Å². The molecule has 0 aromatic heterocycles. The van der Waals surface area contributed by atoms with Crippen molar-refractivity contribution in [2.45, 2.75) is 0 Å². The van der Waals surface area contributed by atoms with Crippen molar-refractivity contribution in [3.05, 3.63) is 0 Å². The first-order chi connectivity index (χ1) is 5.20. The monoisotopic (exact) mass is 409 g/mol. The molecule has 0 unspecified atom stereocenters. The standard InChI is InChI=1S/Co.Ni.3O3Si.Zn/c;;3*1-4(2)3;/q2*+2;3*-2;+2. The first-order valence-corrected chi connectivity index (χ1v) is 5.51.